The normalized spacial score (nSPS) is 25.9. The monoisotopic (exact) mass is 376 g/mol. The van der Waals surface area contributed by atoms with Gasteiger partial charge in [0, 0.05) is 24.5 Å². The van der Waals surface area contributed by atoms with Gasteiger partial charge in [-0.1, -0.05) is 11.6 Å². The van der Waals surface area contributed by atoms with Gasteiger partial charge in [-0.3, -0.25) is 4.79 Å². The maximum Gasteiger partial charge on any atom is 0.240 e. The summed E-state index contributed by atoms with van der Waals surface area (Å²) in [5.41, 5.74) is 0.266. The molecule has 1 aliphatic carbocycles. The molecular weight excluding hydrogens is 356 g/mol. The van der Waals surface area contributed by atoms with Gasteiger partial charge in [0.2, 0.25) is 5.91 Å². The van der Waals surface area contributed by atoms with Crippen molar-refractivity contribution in [1.82, 2.24) is 20.6 Å². The highest BCUT2D eigenvalue weighted by Crippen LogP contribution is 2.37. The van der Waals surface area contributed by atoms with Crippen LogP contribution in [0.15, 0.2) is 18.5 Å². The van der Waals surface area contributed by atoms with Crippen LogP contribution in [0.1, 0.15) is 25.7 Å². The summed E-state index contributed by atoms with van der Waals surface area (Å²) in [6.45, 7) is 1.51. The molecular formula is C18H21ClN4O3. The van der Waals surface area contributed by atoms with Crippen molar-refractivity contribution in [2.75, 3.05) is 20.2 Å². The Kier molecular flexibility index (Phi) is 4.58. The fourth-order valence-corrected chi connectivity index (χ4v) is 3.99. The van der Waals surface area contributed by atoms with Crippen molar-refractivity contribution in [3.05, 3.63) is 23.6 Å². The summed E-state index contributed by atoms with van der Waals surface area (Å²) in [5, 5.41) is 7.47. The van der Waals surface area contributed by atoms with E-state index in [1.54, 1.807) is 13.2 Å². The molecule has 8 heteroatoms. The molecule has 1 aromatic carbocycles. The maximum atomic E-state index is 12.3. The third kappa shape index (κ3) is 3.05. The summed E-state index contributed by atoms with van der Waals surface area (Å²) in [7, 11) is 1.60. The molecule has 1 spiro atoms. The summed E-state index contributed by atoms with van der Waals surface area (Å²) >= 11 is 6.18. The van der Waals surface area contributed by atoms with Crippen molar-refractivity contribution in [3.63, 3.8) is 0 Å². The summed E-state index contributed by atoms with van der Waals surface area (Å²) in [4.78, 5) is 20.5. The molecule has 1 aliphatic heterocycles. The Balaban J connectivity index is 1.53. The zero-order chi connectivity index (χ0) is 18.1. The molecule has 0 bridgehead atoms. The Labute approximate surface area is 156 Å². The van der Waals surface area contributed by atoms with Gasteiger partial charge >= 0.3 is 0 Å². The Morgan fingerprint density at radius 3 is 2.73 bits per heavy atom. The summed E-state index contributed by atoms with van der Waals surface area (Å²) in [6, 6.07) is 3.63. The van der Waals surface area contributed by atoms with Crippen molar-refractivity contribution in [3.8, 4) is 11.5 Å². The van der Waals surface area contributed by atoms with Crippen molar-refractivity contribution in [1.29, 1.82) is 0 Å². The van der Waals surface area contributed by atoms with E-state index in [1.807, 2.05) is 6.07 Å². The topological polar surface area (TPSA) is 85.4 Å². The van der Waals surface area contributed by atoms with Crippen LogP contribution in [0.4, 0.5) is 0 Å². The van der Waals surface area contributed by atoms with E-state index in [1.165, 1.54) is 6.33 Å². The zero-order valence-corrected chi connectivity index (χ0v) is 15.3. The summed E-state index contributed by atoms with van der Waals surface area (Å²) in [6.07, 6.45) is 4.54. The number of amides is 1. The quantitative estimate of drug-likeness (QED) is 0.798. The van der Waals surface area contributed by atoms with Gasteiger partial charge in [0.25, 0.3) is 0 Å². The standard InChI is InChI=1S/C18H21ClN4O3/c1-25-14-9-13-12(16(19)22-10-21-13)8-15(14)26-11-2-4-18(5-3-11)17(24)20-6-7-23-18/h8-11,23H,2-7H2,1H3,(H,20,24). The highest BCUT2D eigenvalue weighted by Gasteiger charge is 2.43. The van der Waals surface area contributed by atoms with Crippen molar-refractivity contribution in [2.24, 2.45) is 0 Å². The van der Waals surface area contributed by atoms with Crippen LogP contribution in [0, 0.1) is 0 Å². The number of nitrogens with one attached hydrogen (secondary N) is 2. The number of hydrogen-bond donors (Lipinski definition) is 2. The number of methoxy groups -OCH3 is 1. The number of carbonyl (C=O) groups is 1. The number of hydrogen-bond acceptors (Lipinski definition) is 6. The second-order valence-electron chi connectivity index (χ2n) is 6.77. The second-order valence-corrected chi connectivity index (χ2v) is 7.12. The van der Waals surface area contributed by atoms with E-state index in [0.717, 1.165) is 37.6 Å². The van der Waals surface area contributed by atoms with Crippen molar-refractivity contribution in [2.45, 2.75) is 37.3 Å². The lowest BCUT2D eigenvalue weighted by Gasteiger charge is -2.42. The van der Waals surface area contributed by atoms with Gasteiger partial charge in [0.15, 0.2) is 11.5 Å². The molecule has 138 valence electrons. The van der Waals surface area contributed by atoms with Gasteiger partial charge in [0.1, 0.15) is 11.5 Å². The molecule has 1 saturated heterocycles. The third-order valence-electron chi connectivity index (χ3n) is 5.26. The summed E-state index contributed by atoms with van der Waals surface area (Å²) < 4.78 is 11.7. The van der Waals surface area contributed by atoms with Crippen LogP contribution < -0.4 is 20.1 Å². The minimum absolute atomic E-state index is 0.0203. The Morgan fingerprint density at radius 2 is 2.00 bits per heavy atom. The van der Waals surface area contributed by atoms with E-state index in [2.05, 4.69) is 20.6 Å². The lowest BCUT2D eigenvalue weighted by molar-refractivity contribution is -0.131. The van der Waals surface area contributed by atoms with E-state index in [0.29, 0.717) is 28.7 Å². The molecule has 0 unspecified atom stereocenters. The molecule has 2 heterocycles. The van der Waals surface area contributed by atoms with Gasteiger partial charge < -0.3 is 20.1 Å². The average molecular weight is 377 g/mol. The molecule has 2 aliphatic rings. The minimum atomic E-state index is -0.442. The van der Waals surface area contributed by atoms with Crippen LogP contribution in [0.5, 0.6) is 11.5 Å². The van der Waals surface area contributed by atoms with Crippen LogP contribution in [0.2, 0.25) is 5.15 Å². The Morgan fingerprint density at radius 1 is 1.19 bits per heavy atom. The highest BCUT2D eigenvalue weighted by atomic mass is 35.5. The molecule has 1 saturated carbocycles. The first kappa shape index (κ1) is 17.3. The van der Waals surface area contributed by atoms with Gasteiger partial charge in [-0.2, -0.15) is 0 Å². The SMILES string of the molecule is COc1cc2ncnc(Cl)c2cc1OC1CCC2(CC1)NCCNC2=O. The molecule has 4 rings (SSSR count). The first-order valence-corrected chi connectivity index (χ1v) is 9.17. The average Bonchev–Trinajstić information content (AvgIpc) is 2.66. The van der Waals surface area contributed by atoms with Crippen LogP contribution in [0.3, 0.4) is 0 Å². The highest BCUT2D eigenvalue weighted by molar-refractivity contribution is 6.34. The van der Waals surface area contributed by atoms with Crippen molar-refractivity contribution < 1.29 is 14.3 Å². The number of carbonyl (C=O) groups excluding carboxylic acids is 1. The predicted octanol–water partition coefficient (Wildman–Crippen LogP) is 2.07. The smallest absolute Gasteiger partial charge is 0.240 e. The molecule has 2 N–H and O–H groups in total. The molecule has 2 aromatic rings. The number of nitrogens with zero attached hydrogens (tertiary/aromatic N) is 2. The summed E-state index contributed by atoms with van der Waals surface area (Å²) in [5.74, 6) is 1.34. The number of piperazine rings is 1. The first-order chi connectivity index (χ1) is 12.6. The molecule has 7 nitrogen and oxygen atoms in total. The lowest BCUT2D eigenvalue weighted by Crippen LogP contribution is -2.64. The zero-order valence-electron chi connectivity index (χ0n) is 14.5. The molecule has 0 radical (unpaired) electrons. The van der Waals surface area contributed by atoms with E-state index < -0.39 is 5.54 Å². The Hall–Kier alpha value is -2.12. The van der Waals surface area contributed by atoms with E-state index in [9.17, 15) is 4.79 Å². The van der Waals surface area contributed by atoms with Crippen LogP contribution in [-0.2, 0) is 4.79 Å². The van der Waals surface area contributed by atoms with Gasteiger partial charge in [-0.15, -0.1) is 0 Å². The van der Waals surface area contributed by atoms with Crippen LogP contribution in [-0.4, -0.2) is 47.7 Å². The minimum Gasteiger partial charge on any atom is -0.493 e. The lowest BCUT2D eigenvalue weighted by atomic mass is 9.78. The van der Waals surface area contributed by atoms with Gasteiger partial charge in [-0.25, -0.2) is 9.97 Å². The van der Waals surface area contributed by atoms with Gasteiger partial charge in [-0.05, 0) is 31.7 Å². The fraction of sp³-hybridized carbons (Fsp3) is 0.500. The van der Waals surface area contributed by atoms with Gasteiger partial charge in [0.05, 0.1) is 24.3 Å². The number of ether oxygens (including phenoxy) is 2. The first-order valence-electron chi connectivity index (χ1n) is 8.79. The van der Waals surface area contributed by atoms with E-state index in [4.69, 9.17) is 21.1 Å². The van der Waals surface area contributed by atoms with Crippen LogP contribution in [0.25, 0.3) is 10.9 Å². The number of aromatic nitrogens is 2. The van der Waals surface area contributed by atoms with E-state index in [-0.39, 0.29) is 12.0 Å². The third-order valence-corrected chi connectivity index (χ3v) is 5.56. The van der Waals surface area contributed by atoms with E-state index >= 15 is 0 Å². The fourth-order valence-electron chi connectivity index (χ4n) is 3.80. The number of fused-ring (bicyclic) bond motifs is 1. The maximum absolute atomic E-state index is 12.3. The molecule has 26 heavy (non-hydrogen) atoms. The number of benzene rings is 1. The Bertz CT molecular complexity index is 837. The largest absolute Gasteiger partial charge is 0.493 e. The van der Waals surface area contributed by atoms with Crippen LogP contribution >= 0.6 is 11.6 Å². The molecule has 1 amide bonds. The number of rotatable bonds is 3. The molecule has 2 fully saturated rings. The van der Waals surface area contributed by atoms with Crippen molar-refractivity contribution >= 4 is 28.4 Å². The number of halogens is 1. The molecule has 1 aromatic heterocycles. The predicted molar refractivity (Wildman–Crippen MR) is 97.7 cm³/mol. The second kappa shape index (κ2) is 6.89. The molecule has 0 atom stereocenters.